The van der Waals surface area contributed by atoms with Crippen molar-refractivity contribution in [3.63, 3.8) is 0 Å². The zero-order valence-electron chi connectivity index (χ0n) is 27.6. The van der Waals surface area contributed by atoms with E-state index < -0.39 is 0 Å². The van der Waals surface area contributed by atoms with E-state index in [0.29, 0.717) is 28.8 Å². The molecule has 238 valence electrons. The molecule has 3 aromatic rings. The molecule has 0 aliphatic carbocycles. The first kappa shape index (κ1) is 32.2. The molecule has 6 rings (SSSR count). The van der Waals surface area contributed by atoms with Gasteiger partial charge in [-0.25, -0.2) is 0 Å². The lowest BCUT2D eigenvalue weighted by Gasteiger charge is -2.35. The highest BCUT2D eigenvalue weighted by Crippen LogP contribution is 2.43. The summed E-state index contributed by atoms with van der Waals surface area (Å²) in [5, 5.41) is 0. The average molecular weight is 611 g/mol. The van der Waals surface area contributed by atoms with Crippen LogP contribution >= 0.6 is 0 Å². The normalized spacial score (nSPS) is 19.2. The molecule has 7 heteroatoms. The molecular formula is C38H46N2O5. The second-order valence-corrected chi connectivity index (χ2v) is 12.0. The summed E-state index contributed by atoms with van der Waals surface area (Å²) in [4.78, 5) is 4.72. The Hall–Kier alpha value is -4.20. The number of methoxy groups -OCH3 is 3. The Morgan fingerprint density at radius 1 is 0.844 bits per heavy atom. The number of ether oxygens (including phenoxy) is 5. The fourth-order valence-corrected chi connectivity index (χ4v) is 6.01. The Bertz CT molecular complexity index is 1580. The van der Waals surface area contributed by atoms with Crippen molar-refractivity contribution in [2.24, 2.45) is 0 Å². The lowest BCUT2D eigenvalue weighted by atomic mass is 9.87. The van der Waals surface area contributed by atoms with Crippen LogP contribution < -0.4 is 18.9 Å². The molecule has 0 amide bonds. The first-order valence-electron chi connectivity index (χ1n) is 15.5. The highest BCUT2D eigenvalue weighted by molar-refractivity contribution is 5.56. The second kappa shape index (κ2) is 14.3. The van der Waals surface area contributed by atoms with Gasteiger partial charge in [0.25, 0.3) is 0 Å². The number of allylic oxidation sites excluding steroid dienone is 1. The molecule has 6 bridgehead atoms. The third kappa shape index (κ3) is 7.55. The van der Waals surface area contributed by atoms with Crippen LogP contribution in [0.2, 0.25) is 0 Å². The van der Waals surface area contributed by atoms with E-state index in [1.165, 1.54) is 16.7 Å². The smallest absolute Gasteiger partial charge is 0.203 e. The molecule has 3 aliphatic rings. The van der Waals surface area contributed by atoms with Gasteiger partial charge in [0.2, 0.25) is 5.75 Å². The summed E-state index contributed by atoms with van der Waals surface area (Å²) in [6.07, 6.45) is 5.37. The number of likely N-dealkylation sites (N-methyl/N-ethyl adjacent to an activating group) is 2. The lowest BCUT2D eigenvalue weighted by Crippen LogP contribution is -2.33. The van der Waals surface area contributed by atoms with E-state index in [2.05, 4.69) is 74.3 Å². The first-order chi connectivity index (χ1) is 21.7. The molecule has 0 saturated carbocycles. The number of hydrogen-bond donors (Lipinski definition) is 0. The minimum atomic E-state index is 0.201. The number of benzene rings is 3. The third-order valence-electron chi connectivity index (χ3n) is 8.82. The molecule has 1 atom stereocenters. The minimum absolute atomic E-state index is 0.201. The Balaban J connectivity index is 1.57. The summed E-state index contributed by atoms with van der Waals surface area (Å²) in [5.74, 6) is 4.47. The van der Waals surface area contributed by atoms with E-state index in [-0.39, 0.29) is 6.04 Å². The summed E-state index contributed by atoms with van der Waals surface area (Å²) in [5.41, 5.74) is 7.02. The van der Waals surface area contributed by atoms with Gasteiger partial charge in [-0.2, -0.15) is 0 Å². The van der Waals surface area contributed by atoms with Crippen LogP contribution in [0.4, 0.5) is 0 Å². The maximum Gasteiger partial charge on any atom is 0.203 e. The molecule has 0 spiro atoms. The summed E-state index contributed by atoms with van der Waals surface area (Å²) >= 11 is 0. The molecule has 3 aromatic carbocycles. The van der Waals surface area contributed by atoms with Crippen LogP contribution in [0.25, 0.3) is 0 Å². The van der Waals surface area contributed by atoms with Gasteiger partial charge in [-0.1, -0.05) is 36.9 Å². The van der Waals surface area contributed by atoms with Gasteiger partial charge in [-0.15, -0.1) is 0 Å². The van der Waals surface area contributed by atoms with Gasteiger partial charge in [-0.3, -0.25) is 4.90 Å². The lowest BCUT2D eigenvalue weighted by molar-refractivity contribution is 0.229. The predicted molar refractivity (Wildman–Crippen MR) is 180 cm³/mol. The molecule has 0 fully saturated rings. The predicted octanol–water partition coefficient (Wildman–Crippen LogP) is 7.43. The van der Waals surface area contributed by atoms with Crippen molar-refractivity contribution in [1.29, 1.82) is 0 Å². The fourth-order valence-electron chi connectivity index (χ4n) is 6.01. The van der Waals surface area contributed by atoms with Crippen molar-refractivity contribution < 1.29 is 23.7 Å². The van der Waals surface area contributed by atoms with E-state index >= 15 is 0 Å². The molecular weight excluding hydrogens is 564 g/mol. The highest BCUT2D eigenvalue weighted by Gasteiger charge is 2.27. The van der Waals surface area contributed by atoms with Gasteiger partial charge in [0.05, 0.1) is 21.3 Å². The molecule has 45 heavy (non-hydrogen) atoms. The number of hydrogen-bond acceptors (Lipinski definition) is 7. The van der Waals surface area contributed by atoms with Crippen LogP contribution in [-0.4, -0.2) is 64.9 Å². The standard InChI is InChI=1S/C38H46N2O5/c1-25-13-16-39(4)17-14-29-22-36(42-7)38(43-8)37(23-29)45-34-24-32-30(20-26(34)2)15-18-40(5)33(32)21-28-9-11-31(12-10-28)44-35(19-25)27(3)41-6/h9-12,19-20,22-24,33H,1,3,13-18,21H2,2,4-8H3/b35-19+/t33-/m0/s1. The van der Waals surface area contributed by atoms with Crippen molar-refractivity contribution in [2.45, 2.75) is 38.6 Å². The Kier molecular flexibility index (Phi) is 10.2. The van der Waals surface area contributed by atoms with Crippen molar-refractivity contribution in [2.75, 3.05) is 55.1 Å². The van der Waals surface area contributed by atoms with Crippen LogP contribution in [0.1, 0.15) is 40.3 Å². The van der Waals surface area contributed by atoms with Gasteiger partial charge < -0.3 is 28.6 Å². The van der Waals surface area contributed by atoms with E-state index in [9.17, 15) is 0 Å². The Morgan fingerprint density at radius 2 is 1.60 bits per heavy atom. The molecule has 3 aliphatic heterocycles. The van der Waals surface area contributed by atoms with Gasteiger partial charge in [0.1, 0.15) is 11.5 Å². The van der Waals surface area contributed by atoms with Crippen LogP contribution in [-0.2, 0) is 24.0 Å². The van der Waals surface area contributed by atoms with Gasteiger partial charge in [0.15, 0.2) is 23.0 Å². The maximum atomic E-state index is 6.69. The quantitative estimate of drug-likeness (QED) is 0.285. The highest BCUT2D eigenvalue weighted by atomic mass is 16.5. The molecule has 0 radical (unpaired) electrons. The minimum Gasteiger partial charge on any atom is -0.493 e. The Morgan fingerprint density at radius 3 is 2.31 bits per heavy atom. The molecule has 7 nitrogen and oxygen atoms in total. The first-order valence-corrected chi connectivity index (χ1v) is 15.5. The van der Waals surface area contributed by atoms with Crippen molar-refractivity contribution in [1.82, 2.24) is 9.80 Å². The van der Waals surface area contributed by atoms with Gasteiger partial charge >= 0.3 is 0 Å². The maximum absolute atomic E-state index is 6.69. The molecule has 0 unspecified atom stereocenters. The number of rotatable bonds is 4. The zero-order valence-corrected chi connectivity index (χ0v) is 27.6. The van der Waals surface area contributed by atoms with Crippen LogP contribution in [0.5, 0.6) is 28.7 Å². The van der Waals surface area contributed by atoms with Gasteiger partial charge in [0, 0.05) is 25.7 Å². The summed E-state index contributed by atoms with van der Waals surface area (Å²) in [6.45, 7) is 13.1. The number of aryl methyl sites for hydroxylation is 1. The second-order valence-electron chi connectivity index (χ2n) is 12.0. The molecule has 0 saturated heterocycles. The SMILES string of the molecule is C=C1/C=C(\C(=C)OC)Oc2ccc(cc2)C[C@H]2c3cc(c(C)cc3CCN2C)Oc2cc(cc(OC)c2OC)CCN(C)CC1. The van der Waals surface area contributed by atoms with Crippen LogP contribution in [0, 0.1) is 6.92 Å². The molecule has 0 N–H and O–H groups in total. The van der Waals surface area contributed by atoms with Crippen molar-refractivity contribution in [3.05, 3.63) is 113 Å². The zero-order chi connectivity index (χ0) is 32.1. The monoisotopic (exact) mass is 610 g/mol. The topological polar surface area (TPSA) is 52.6 Å². The molecule has 3 heterocycles. The summed E-state index contributed by atoms with van der Waals surface area (Å²) in [6, 6.07) is 17.1. The van der Waals surface area contributed by atoms with E-state index in [4.69, 9.17) is 23.7 Å². The van der Waals surface area contributed by atoms with Crippen molar-refractivity contribution >= 4 is 0 Å². The fraction of sp³-hybridized carbons (Fsp3) is 0.368. The Labute approximate surface area is 268 Å². The van der Waals surface area contributed by atoms with Crippen LogP contribution in [0.3, 0.4) is 0 Å². The van der Waals surface area contributed by atoms with Gasteiger partial charge in [-0.05, 0) is 111 Å². The third-order valence-corrected chi connectivity index (χ3v) is 8.82. The summed E-state index contributed by atoms with van der Waals surface area (Å²) < 4.78 is 30.0. The number of nitrogens with zero attached hydrogens (tertiary/aromatic N) is 2. The van der Waals surface area contributed by atoms with E-state index in [1.54, 1.807) is 21.3 Å². The van der Waals surface area contributed by atoms with E-state index in [1.807, 2.05) is 24.3 Å². The average Bonchev–Trinajstić information content (AvgIpc) is 3.04. The molecule has 0 aromatic heterocycles. The number of fused-ring (bicyclic) bond motifs is 9. The largest absolute Gasteiger partial charge is 0.493 e. The van der Waals surface area contributed by atoms with Crippen molar-refractivity contribution in [3.8, 4) is 28.7 Å². The van der Waals surface area contributed by atoms with Crippen LogP contribution in [0.15, 0.2) is 84.9 Å². The summed E-state index contributed by atoms with van der Waals surface area (Å²) in [7, 11) is 9.24. The van der Waals surface area contributed by atoms with E-state index in [0.717, 1.165) is 73.5 Å².